The van der Waals surface area contributed by atoms with Crippen LogP contribution in [0.25, 0.3) is 10.9 Å². The highest BCUT2D eigenvalue weighted by Crippen LogP contribution is 2.19. The van der Waals surface area contributed by atoms with Crippen molar-refractivity contribution in [2.24, 2.45) is 0 Å². The normalized spacial score (nSPS) is 10.8. The summed E-state index contributed by atoms with van der Waals surface area (Å²) in [7, 11) is 1.69. The molecule has 2 nitrogen and oxygen atoms in total. The summed E-state index contributed by atoms with van der Waals surface area (Å²) in [6.45, 7) is 3.01. The number of aromatic nitrogens is 1. The molecular weight excluding hydrogens is 234 g/mol. The first kappa shape index (κ1) is 11.8. The van der Waals surface area contributed by atoms with Gasteiger partial charge in [-0.3, -0.25) is 0 Å². The van der Waals surface area contributed by atoms with Gasteiger partial charge in [0.15, 0.2) is 0 Å². The van der Waals surface area contributed by atoms with Crippen LogP contribution >= 0.6 is 0 Å². The average molecular weight is 251 g/mol. The summed E-state index contributed by atoms with van der Waals surface area (Å²) in [4.78, 5) is 0. The Morgan fingerprint density at radius 2 is 1.79 bits per heavy atom. The maximum Gasteiger partial charge on any atom is 0.118 e. The number of ether oxygens (including phenoxy) is 1. The fourth-order valence-electron chi connectivity index (χ4n) is 2.36. The molecule has 0 atom stereocenters. The maximum absolute atomic E-state index is 5.18. The molecule has 0 spiro atoms. The quantitative estimate of drug-likeness (QED) is 0.686. The Labute approximate surface area is 113 Å². The Kier molecular flexibility index (Phi) is 3.00. The van der Waals surface area contributed by atoms with Crippen LogP contribution in [0.2, 0.25) is 0 Å². The second-order valence-corrected chi connectivity index (χ2v) is 4.85. The predicted molar refractivity (Wildman–Crippen MR) is 78.8 cm³/mol. The number of nitrogens with zero attached hydrogens (tertiary/aromatic N) is 1. The SMILES string of the molecule is COc1ccc(Cn2ccc3ccc(C)cc32)cc1. The van der Waals surface area contributed by atoms with E-state index in [2.05, 4.69) is 54.1 Å². The van der Waals surface area contributed by atoms with Crippen LogP contribution in [-0.2, 0) is 6.54 Å². The zero-order valence-electron chi connectivity index (χ0n) is 11.3. The molecule has 0 aliphatic carbocycles. The van der Waals surface area contributed by atoms with Gasteiger partial charge >= 0.3 is 0 Å². The van der Waals surface area contributed by atoms with Gasteiger partial charge in [-0.25, -0.2) is 0 Å². The van der Waals surface area contributed by atoms with Gasteiger partial charge in [0.2, 0.25) is 0 Å². The van der Waals surface area contributed by atoms with Gasteiger partial charge in [-0.2, -0.15) is 0 Å². The van der Waals surface area contributed by atoms with E-state index >= 15 is 0 Å². The summed E-state index contributed by atoms with van der Waals surface area (Å²) < 4.78 is 7.47. The summed E-state index contributed by atoms with van der Waals surface area (Å²) in [5.74, 6) is 0.900. The van der Waals surface area contributed by atoms with Gasteiger partial charge < -0.3 is 9.30 Å². The molecule has 0 fully saturated rings. The number of hydrogen-bond acceptors (Lipinski definition) is 1. The molecule has 0 aliphatic rings. The standard InChI is InChI=1S/C17H17NO/c1-13-3-6-15-9-10-18(17(15)11-13)12-14-4-7-16(19-2)8-5-14/h3-11H,12H2,1-2H3. The summed E-state index contributed by atoms with van der Waals surface area (Å²) in [6, 6.07) is 17.0. The molecule has 2 heteroatoms. The van der Waals surface area contributed by atoms with Crippen molar-refractivity contribution in [2.45, 2.75) is 13.5 Å². The van der Waals surface area contributed by atoms with Crippen LogP contribution in [0, 0.1) is 6.92 Å². The van der Waals surface area contributed by atoms with Crippen molar-refractivity contribution in [3.05, 3.63) is 65.9 Å². The Balaban J connectivity index is 1.93. The lowest BCUT2D eigenvalue weighted by Gasteiger charge is -2.07. The molecule has 0 bridgehead atoms. The van der Waals surface area contributed by atoms with Crippen molar-refractivity contribution in [1.82, 2.24) is 4.57 Å². The molecule has 19 heavy (non-hydrogen) atoms. The van der Waals surface area contributed by atoms with Crippen molar-refractivity contribution >= 4 is 10.9 Å². The van der Waals surface area contributed by atoms with E-state index < -0.39 is 0 Å². The van der Waals surface area contributed by atoms with Crippen LogP contribution in [0.1, 0.15) is 11.1 Å². The van der Waals surface area contributed by atoms with E-state index in [1.807, 2.05) is 12.1 Å². The first-order chi connectivity index (χ1) is 9.26. The van der Waals surface area contributed by atoms with E-state index in [9.17, 15) is 0 Å². The van der Waals surface area contributed by atoms with Crippen LogP contribution < -0.4 is 4.74 Å². The number of aryl methyl sites for hydroxylation is 1. The molecule has 3 aromatic rings. The monoisotopic (exact) mass is 251 g/mol. The predicted octanol–water partition coefficient (Wildman–Crippen LogP) is 4.01. The van der Waals surface area contributed by atoms with Gasteiger partial charge in [-0.15, -0.1) is 0 Å². The summed E-state index contributed by atoms with van der Waals surface area (Å²) >= 11 is 0. The van der Waals surface area contributed by atoms with Crippen LogP contribution in [0.5, 0.6) is 5.75 Å². The molecule has 0 saturated heterocycles. The zero-order valence-corrected chi connectivity index (χ0v) is 11.3. The number of methoxy groups -OCH3 is 1. The minimum absolute atomic E-state index is 0.886. The van der Waals surface area contributed by atoms with Crippen LogP contribution in [0.4, 0.5) is 0 Å². The van der Waals surface area contributed by atoms with E-state index in [1.165, 1.54) is 22.0 Å². The van der Waals surface area contributed by atoms with E-state index in [-0.39, 0.29) is 0 Å². The summed E-state index contributed by atoms with van der Waals surface area (Å²) in [5, 5.41) is 1.29. The Hall–Kier alpha value is -2.22. The van der Waals surface area contributed by atoms with Gasteiger partial charge in [0.1, 0.15) is 5.75 Å². The van der Waals surface area contributed by atoms with E-state index in [1.54, 1.807) is 7.11 Å². The minimum atomic E-state index is 0.886. The molecule has 1 heterocycles. The second-order valence-electron chi connectivity index (χ2n) is 4.85. The zero-order chi connectivity index (χ0) is 13.2. The topological polar surface area (TPSA) is 14.2 Å². The first-order valence-electron chi connectivity index (χ1n) is 6.45. The average Bonchev–Trinajstić information content (AvgIpc) is 2.82. The van der Waals surface area contributed by atoms with Gasteiger partial charge in [0.25, 0.3) is 0 Å². The molecule has 3 rings (SSSR count). The Morgan fingerprint density at radius 3 is 2.53 bits per heavy atom. The first-order valence-corrected chi connectivity index (χ1v) is 6.45. The van der Waals surface area contributed by atoms with E-state index in [0.29, 0.717) is 0 Å². The van der Waals surface area contributed by atoms with Gasteiger partial charge in [0, 0.05) is 18.3 Å². The third-order valence-corrected chi connectivity index (χ3v) is 3.44. The van der Waals surface area contributed by atoms with E-state index in [0.717, 1.165) is 12.3 Å². The molecule has 0 amide bonds. The lowest BCUT2D eigenvalue weighted by Crippen LogP contribution is -1.97. The van der Waals surface area contributed by atoms with Crippen molar-refractivity contribution in [3.63, 3.8) is 0 Å². The summed E-state index contributed by atoms with van der Waals surface area (Å²) in [6.07, 6.45) is 2.15. The minimum Gasteiger partial charge on any atom is -0.497 e. The Bertz CT molecular complexity index is 695. The number of fused-ring (bicyclic) bond motifs is 1. The fraction of sp³-hybridized carbons (Fsp3) is 0.176. The van der Waals surface area contributed by atoms with Gasteiger partial charge in [-0.1, -0.05) is 24.3 Å². The highest BCUT2D eigenvalue weighted by molar-refractivity contribution is 5.80. The number of benzene rings is 2. The second kappa shape index (κ2) is 4.81. The molecule has 0 saturated carbocycles. The van der Waals surface area contributed by atoms with Crippen molar-refractivity contribution in [2.75, 3.05) is 7.11 Å². The molecule has 2 aromatic carbocycles. The van der Waals surface area contributed by atoms with Crippen molar-refractivity contribution in [1.29, 1.82) is 0 Å². The van der Waals surface area contributed by atoms with Gasteiger partial charge in [0.05, 0.1) is 7.11 Å². The van der Waals surface area contributed by atoms with Crippen LogP contribution in [0.15, 0.2) is 54.7 Å². The third kappa shape index (κ3) is 2.34. The lowest BCUT2D eigenvalue weighted by molar-refractivity contribution is 0.414. The molecule has 0 aliphatic heterocycles. The highest BCUT2D eigenvalue weighted by atomic mass is 16.5. The van der Waals surface area contributed by atoms with Crippen LogP contribution in [-0.4, -0.2) is 11.7 Å². The molecular formula is C17H17NO. The molecule has 0 N–H and O–H groups in total. The van der Waals surface area contributed by atoms with Gasteiger partial charge in [-0.05, 0) is 47.7 Å². The lowest BCUT2D eigenvalue weighted by atomic mass is 10.2. The maximum atomic E-state index is 5.18. The number of rotatable bonds is 3. The third-order valence-electron chi connectivity index (χ3n) is 3.44. The Morgan fingerprint density at radius 1 is 1.00 bits per heavy atom. The van der Waals surface area contributed by atoms with Crippen LogP contribution in [0.3, 0.4) is 0 Å². The molecule has 0 unspecified atom stereocenters. The summed E-state index contributed by atoms with van der Waals surface area (Å²) in [5.41, 5.74) is 3.86. The molecule has 0 radical (unpaired) electrons. The fourth-order valence-corrected chi connectivity index (χ4v) is 2.36. The smallest absolute Gasteiger partial charge is 0.118 e. The number of hydrogen-bond donors (Lipinski definition) is 0. The van der Waals surface area contributed by atoms with E-state index in [4.69, 9.17) is 4.74 Å². The largest absolute Gasteiger partial charge is 0.497 e. The molecule has 96 valence electrons. The van der Waals surface area contributed by atoms with Crippen molar-refractivity contribution < 1.29 is 4.74 Å². The molecule has 1 aromatic heterocycles. The van der Waals surface area contributed by atoms with Crippen molar-refractivity contribution in [3.8, 4) is 5.75 Å². The highest BCUT2D eigenvalue weighted by Gasteiger charge is 2.02.